The molecule has 5 heteroatoms. The summed E-state index contributed by atoms with van der Waals surface area (Å²) < 4.78 is 12.8. The van der Waals surface area contributed by atoms with Crippen molar-refractivity contribution in [1.82, 2.24) is 0 Å². The summed E-state index contributed by atoms with van der Waals surface area (Å²) in [7, 11) is 0. The minimum Gasteiger partial charge on any atom is -0.480 e. The van der Waals surface area contributed by atoms with Gasteiger partial charge in [-0.05, 0) is 31.0 Å². The fourth-order valence-corrected chi connectivity index (χ4v) is 1.85. The fourth-order valence-electron chi connectivity index (χ4n) is 1.85. The summed E-state index contributed by atoms with van der Waals surface area (Å²) in [5.41, 5.74) is -0.435. The number of hydrogen-bond donors (Lipinski definition) is 1. The normalized spacial score (nSPS) is 26.8. The van der Waals surface area contributed by atoms with Crippen LogP contribution in [-0.4, -0.2) is 23.4 Å². The highest BCUT2D eigenvalue weighted by Crippen LogP contribution is 2.32. The Bertz CT molecular complexity index is 457. The maximum atomic E-state index is 12.8. The van der Waals surface area contributed by atoms with Crippen LogP contribution in [-0.2, 0) is 16.1 Å². The Labute approximate surface area is 97.7 Å². The molecular weight excluding hydrogens is 225 g/mol. The van der Waals surface area contributed by atoms with Crippen LogP contribution in [0.15, 0.2) is 29.4 Å². The van der Waals surface area contributed by atoms with E-state index in [0.29, 0.717) is 0 Å². The van der Waals surface area contributed by atoms with Crippen molar-refractivity contribution in [2.45, 2.75) is 19.4 Å². The maximum absolute atomic E-state index is 12.8. The van der Waals surface area contributed by atoms with Crippen LogP contribution in [0.4, 0.5) is 4.39 Å². The van der Waals surface area contributed by atoms with Gasteiger partial charge in [0.2, 0.25) is 0 Å². The van der Waals surface area contributed by atoms with Gasteiger partial charge in [-0.15, -0.1) is 0 Å². The van der Waals surface area contributed by atoms with Gasteiger partial charge in [-0.1, -0.05) is 17.3 Å². The molecular formula is C12H12FNO3. The first-order valence-corrected chi connectivity index (χ1v) is 5.23. The van der Waals surface area contributed by atoms with Crippen molar-refractivity contribution < 1.29 is 19.1 Å². The molecule has 0 aromatic heterocycles. The van der Waals surface area contributed by atoms with E-state index in [1.807, 2.05) is 0 Å². The van der Waals surface area contributed by atoms with E-state index in [0.717, 1.165) is 5.56 Å². The third kappa shape index (κ3) is 2.00. The summed E-state index contributed by atoms with van der Waals surface area (Å²) in [5.74, 6) is -1.34. The zero-order chi connectivity index (χ0) is 12.5. The third-order valence-corrected chi connectivity index (χ3v) is 3.04. The van der Waals surface area contributed by atoms with Gasteiger partial charge in [-0.3, -0.25) is 4.79 Å². The summed E-state index contributed by atoms with van der Waals surface area (Å²) in [4.78, 5) is 16.3. The molecule has 1 aromatic carbocycles. The van der Waals surface area contributed by atoms with Crippen LogP contribution in [0.25, 0.3) is 0 Å². The van der Waals surface area contributed by atoms with E-state index >= 15 is 0 Å². The predicted molar refractivity (Wildman–Crippen MR) is 59.2 cm³/mol. The summed E-state index contributed by atoms with van der Waals surface area (Å²) in [6.45, 7) is 1.66. The Hall–Kier alpha value is -1.91. The lowest BCUT2D eigenvalue weighted by Crippen LogP contribution is -2.41. The first-order chi connectivity index (χ1) is 8.04. The number of carboxylic acids is 1. The van der Waals surface area contributed by atoms with E-state index in [2.05, 4.69) is 5.16 Å². The summed E-state index contributed by atoms with van der Waals surface area (Å²) in [5, 5.41) is 12.9. The van der Waals surface area contributed by atoms with E-state index in [1.54, 1.807) is 19.1 Å². The second kappa shape index (κ2) is 4.16. The molecule has 0 fully saturated rings. The molecule has 2 rings (SSSR count). The van der Waals surface area contributed by atoms with Crippen molar-refractivity contribution in [3.8, 4) is 0 Å². The molecule has 1 N–H and O–H groups in total. The molecule has 0 amide bonds. The van der Waals surface area contributed by atoms with Crippen molar-refractivity contribution in [3.05, 3.63) is 35.6 Å². The SMILES string of the molecule is CC1ON=CC1(Cc1ccc(F)cc1)C(=O)O. The highest BCUT2D eigenvalue weighted by molar-refractivity contribution is 5.95. The zero-order valence-electron chi connectivity index (χ0n) is 9.26. The molecule has 1 aromatic rings. The Balaban J connectivity index is 2.28. The van der Waals surface area contributed by atoms with Crippen molar-refractivity contribution in [1.29, 1.82) is 0 Å². The predicted octanol–water partition coefficient (Wildman–Crippen LogP) is 1.84. The van der Waals surface area contributed by atoms with Crippen LogP contribution in [0.3, 0.4) is 0 Å². The Kier molecular flexibility index (Phi) is 2.83. The molecule has 1 aliphatic rings. The molecule has 2 unspecified atom stereocenters. The number of oxime groups is 1. The average molecular weight is 237 g/mol. The molecule has 1 heterocycles. The summed E-state index contributed by atoms with van der Waals surface area (Å²) in [6.07, 6.45) is 1.00. The number of nitrogens with zero attached hydrogens (tertiary/aromatic N) is 1. The van der Waals surface area contributed by atoms with Crippen LogP contribution < -0.4 is 0 Å². The molecule has 17 heavy (non-hydrogen) atoms. The number of aliphatic carboxylic acids is 1. The van der Waals surface area contributed by atoms with Gasteiger partial charge in [0.25, 0.3) is 0 Å². The molecule has 0 saturated carbocycles. The van der Waals surface area contributed by atoms with Gasteiger partial charge in [0.05, 0.1) is 6.21 Å². The molecule has 0 saturated heterocycles. The molecule has 0 spiro atoms. The van der Waals surface area contributed by atoms with E-state index in [-0.39, 0.29) is 12.2 Å². The monoisotopic (exact) mass is 237 g/mol. The fraction of sp³-hybridized carbons (Fsp3) is 0.333. The molecule has 1 aliphatic heterocycles. The van der Waals surface area contributed by atoms with E-state index < -0.39 is 17.5 Å². The highest BCUT2D eigenvalue weighted by Gasteiger charge is 2.47. The minimum atomic E-state index is -1.17. The number of rotatable bonds is 3. The van der Waals surface area contributed by atoms with Crippen LogP contribution in [0.5, 0.6) is 0 Å². The number of halogens is 1. The number of carboxylic acid groups (broad SMARTS) is 1. The lowest BCUT2D eigenvalue weighted by Gasteiger charge is -2.24. The Morgan fingerprint density at radius 2 is 2.18 bits per heavy atom. The standard InChI is InChI=1S/C12H12FNO3/c1-8-12(11(15)16,7-14-17-8)6-9-2-4-10(13)5-3-9/h2-5,7-8H,6H2,1H3,(H,15,16). The van der Waals surface area contributed by atoms with Crippen molar-refractivity contribution >= 4 is 12.2 Å². The zero-order valence-corrected chi connectivity index (χ0v) is 9.26. The van der Waals surface area contributed by atoms with Gasteiger partial charge in [-0.25, -0.2) is 4.39 Å². The quantitative estimate of drug-likeness (QED) is 0.872. The number of hydrogen-bond acceptors (Lipinski definition) is 3. The first-order valence-electron chi connectivity index (χ1n) is 5.23. The molecule has 2 atom stereocenters. The molecule has 90 valence electrons. The van der Waals surface area contributed by atoms with E-state index in [4.69, 9.17) is 4.84 Å². The second-order valence-electron chi connectivity index (χ2n) is 4.13. The second-order valence-corrected chi connectivity index (χ2v) is 4.13. The van der Waals surface area contributed by atoms with Gasteiger partial charge >= 0.3 is 5.97 Å². The van der Waals surface area contributed by atoms with Gasteiger partial charge < -0.3 is 9.94 Å². The van der Waals surface area contributed by atoms with Gasteiger partial charge in [0.1, 0.15) is 17.3 Å². The van der Waals surface area contributed by atoms with Crippen LogP contribution >= 0.6 is 0 Å². The Morgan fingerprint density at radius 3 is 2.65 bits per heavy atom. The van der Waals surface area contributed by atoms with Crippen LogP contribution in [0.2, 0.25) is 0 Å². The Morgan fingerprint density at radius 1 is 1.53 bits per heavy atom. The van der Waals surface area contributed by atoms with E-state index in [1.165, 1.54) is 18.3 Å². The summed E-state index contributed by atoms with van der Waals surface area (Å²) >= 11 is 0. The van der Waals surface area contributed by atoms with Crippen LogP contribution in [0.1, 0.15) is 12.5 Å². The van der Waals surface area contributed by atoms with E-state index in [9.17, 15) is 14.3 Å². The molecule has 4 nitrogen and oxygen atoms in total. The molecule has 0 aliphatic carbocycles. The van der Waals surface area contributed by atoms with Crippen molar-refractivity contribution in [2.24, 2.45) is 10.6 Å². The average Bonchev–Trinajstić information content (AvgIpc) is 2.65. The lowest BCUT2D eigenvalue weighted by molar-refractivity contribution is -0.149. The number of carbonyl (C=O) groups is 1. The van der Waals surface area contributed by atoms with Crippen molar-refractivity contribution in [2.75, 3.05) is 0 Å². The largest absolute Gasteiger partial charge is 0.480 e. The topological polar surface area (TPSA) is 58.9 Å². The summed E-state index contributed by atoms with van der Waals surface area (Å²) in [6, 6.07) is 5.75. The van der Waals surface area contributed by atoms with Gasteiger partial charge in [-0.2, -0.15) is 0 Å². The third-order valence-electron chi connectivity index (χ3n) is 3.04. The maximum Gasteiger partial charge on any atom is 0.319 e. The number of benzene rings is 1. The van der Waals surface area contributed by atoms with Gasteiger partial charge in [0.15, 0.2) is 0 Å². The lowest BCUT2D eigenvalue weighted by atomic mass is 9.79. The van der Waals surface area contributed by atoms with Crippen molar-refractivity contribution in [3.63, 3.8) is 0 Å². The molecule has 0 bridgehead atoms. The van der Waals surface area contributed by atoms with Gasteiger partial charge in [0, 0.05) is 0 Å². The molecule has 0 radical (unpaired) electrons. The minimum absolute atomic E-state index is 0.229. The smallest absolute Gasteiger partial charge is 0.319 e. The van der Waals surface area contributed by atoms with Crippen LogP contribution in [0, 0.1) is 11.2 Å². The highest BCUT2D eigenvalue weighted by atomic mass is 19.1. The first kappa shape index (κ1) is 11.6.